The molecule has 0 spiro atoms. The van der Waals surface area contributed by atoms with E-state index in [9.17, 15) is 4.79 Å². The van der Waals surface area contributed by atoms with Crippen molar-refractivity contribution in [2.45, 2.75) is 38.9 Å². The summed E-state index contributed by atoms with van der Waals surface area (Å²) in [6.45, 7) is 6.00. The van der Waals surface area contributed by atoms with Crippen molar-refractivity contribution in [2.24, 2.45) is 0 Å². The number of esters is 1. The van der Waals surface area contributed by atoms with Gasteiger partial charge in [0.2, 0.25) is 5.88 Å². The minimum atomic E-state index is -0.801. The quantitative estimate of drug-likeness (QED) is 0.186. The fraction of sp³-hybridized carbons (Fsp3) is 0.276. The van der Waals surface area contributed by atoms with E-state index in [1.165, 1.54) is 6.20 Å². The van der Waals surface area contributed by atoms with Crippen molar-refractivity contribution in [2.75, 3.05) is 13.2 Å². The number of carbonyl (C=O) groups excluding carboxylic acids is 1. The molecule has 8 nitrogen and oxygen atoms in total. The predicted octanol–water partition coefficient (Wildman–Crippen LogP) is 6.18. The molecule has 0 fully saturated rings. The molecule has 5 rings (SSSR count). The second-order valence-corrected chi connectivity index (χ2v) is 9.91. The molecule has 3 aromatic carbocycles. The number of rotatable bonds is 9. The number of nitrogens with zero attached hydrogens (tertiary/aromatic N) is 2. The van der Waals surface area contributed by atoms with Crippen molar-refractivity contribution >= 4 is 28.6 Å². The van der Waals surface area contributed by atoms with Crippen molar-refractivity contribution in [3.8, 4) is 28.9 Å². The Morgan fingerprint density at radius 2 is 1.84 bits per heavy atom. The van der Waals surface area contributed by atoms with Crippen LogP contribution in [0.15, 0.2) is 66.9 Å². The molecule has 1 atom stereocenters. The van der Waals surface area contributed by atoms with E-state index in [1.54, 1.807) is 49.4 Å². The molecule has 0 unspecified atom stereocenters. The molecular formula is C29H27ClN2O6. The van der Waals surface area contributed by atoms with Crippen LogP contribution in [-0.4, -0.2) is 40.9 Å². The minimum absolute atomic E-state index is 0.0887. The number of ether oxygens (including phenoxy) is 5. The maximum Gasteiger partial charge on any atom is 0.347 e. The van der Waals surface area contributed by atoms with Gasteiger partial charge >= 0.3 is 5.97 Å². The fourth-order valence-corrected chi connectivity index (χ4v) is 4.25. The molecule has 1 aliphatic heterocycles. The van der Waals surface area contributed by atoms with Crippen LogP contribution < -0.4 is 18.9 Å². The summed E-state index contributed by atoms with van der Waals surface area (Å²) in [5.41, 5.74) is 2.21. The molecule has 0 radical (unpaired) electrons. The lowest BCUT2D eigenvalue weighted by Gasteiger charge is -2.18. The van der Waals surface area contributed by atoms with E-state index >= 15 is 0 Å². The van der Waals surface area contributed by atoms with Crippen LogP contribution in [0.1, 0.15) is 26.3 Å². The number of halogens is 1. The van der Waals surface area contributed by atoms with Crippen molar-refractivity contribution in [1.29, 1.82) is 0 Å². The van der Waals surface area contributed by atoms with Gasteiger partial charge in [-0.2, -0.15) is 0 Å². The smallest absolute Gasteiger partial charge is 0.347 e. The molecule has 0 saturated carbocycles. The molecule has 1 aliphatic rings. The van der Waals surface area contributed by atoms with Crippen LogP contribution in [0.25, 0.3) is 11.0 Å². The van der Waals surface area contributed by atoms with Gasteiger partial charge < -0.3 is 23.7 Å². The zero-order valence-corrected chi connectivity index (χ0v) is 22.0. The molecule has 38 heavy (non-hydrogen) atoms. The Morgan fingerprint density at radius 3 is 2.66 bits per heavy atom. The Labute approximate surface area is 225 Å². The van der Waals surface area contributed by atoms with Gasteiger partial charge in [0, 0.05) is 17.0 Å². The van der Waals surface area contributed by atoms with Crippen LogP contribution in [0.3, 0.4) is 0 Å². The number of benzene rings is 3. The van der Waals surface area contributed by atoms with Crippen molar-refractivity contribution in [3.05, 3.63) is 77.4 Å². The zero-order chi connectivity index (χ0) is 26.7. The third-order valence-electron chi connectivity index (χ3n) is 5.81. The lowest BCUT2D eigenvalue weighted by atomic mass is 10.0. The predicted molar refractivity (Wildman–Crippen MR) is 142 cm³/mol. The number of hydrogen-bond acceptors (Lipinski definition) is 8. The highest BCUT2D eigenvalue weighted by Crippen LogP contribution is 2.41. The molecule has 0 amide bonds. The Hall–Kier alpha value is -4.04. The van der Waals surface area contributed by atoms with Crippen LogP contribution >= 0.6 is 11.6 Å². The third kappa shape index (κ3) is 6.08. The highest BCUT2D eigenvalue weighted by Gasteiger charge is 2.32. The van der Waals surface area contributed by atoms with Crippen LogP contribution in [-0.2, 0) is 16.0 Å². The van der Waals surface area contributed by atoms with Gasteiger partial charge in [0.15, 0.2) is 17.6 Å². The first-order valence-electron chi connectivity index (χ1n) is 12.2. The van der Waals surface area contributed by atoms with E-state index in [1.807, 2.05) is 32.0 Å². The number of fused-ring (bicyclic) bond motifs is 2. The number of carbonyl (C=O) groups is 1. The van der Waals surface area contributed by atoms with E-state index in [0.29, 0.717) is 39.2 Å². The molecule has 0 saturated heterocycles. The third-order valence-corrected chi connectivity index (χ3v) is 6.05. The maximum atomic E-state index is 12.4. The summed E-state index contributed by atoms with van der Waals surface area (Å²) in [6, 6.07) is 17.9. The van der Waals surface area contributed by atoms with Crippen LogP contribution in [0.4, 0.5) is 0 Å². The standard InChI is InChI=1S/C29H27ClN2O6/c1-18(28(33)35-14-13-34-25-6-4-5-19-16-29(2,3)38-27(19)25)36-21-8-10-22(11-9-21)37-26-17-31-24-15-20(30)7-12-23(24)32-26/h4-12,15,17-18H,13-14,16H2,1-3H3/t18-/m1/s1. The first kappa shape index (κ1) is 25.6. The Kier molecular flexibility index (Phi) is 7.24. The van der Waals surface area contributed by atoms with Crippen LogP contribution in [0.5, 0.6) is 28.9 Å². The fourth-order valence-electron chi connectivity index (χ4n) is 4.09. The number of para-hydroxylation sites is 1. The van der Waals surface area contributed by atoms with E-state index < -0.39 is 12.1 Å². The van der Waals surface area contributed by atoms with E-state index in [2.05, 4.69) is 9.97 Å². The molecule has 0 N–H and O–H groups in total. The molecule has 196 valence electrons. The number of hydrogen-bond donors (Lipinski definition) is 0. The second-order valence-electron chi connectivity index (χ2n) is 9.47. The SMILES string of the molecule is C[C@@H](Oc1ccc(Oc2cnc3cc(Cl)ccc3n2)cc1)C(=O)OCCOc1cccc2c1OC(C)(C)C2. The minimum Gasteiger partial charge on any atom is -0.486 e. The van der Waals surface area contributed by atoms with E-state index in [-0.39, 0.29) is 18.8 Å². The molecule has 2 heterocycles. The van der Waals surface area contributed by atoms with E-state index in [0.717, 1.165) is 17.7 Å². The summed E-state index contributed by atoms with van der Waals surface area (Å²) in [6.07, 6.45) is 1.55. The summed E-state index contributed by atoms with van der Waals surface area (Å²) >= 11 is 5.99. The summed E-state index contributed by atoms with van der Waals surface area (Å²) in [7, 11) is 0. The molecule has 1 aromatic heterocycles. The van der Waals surface area contributed by atoms with Crippen molar-refractivity contribution in [3.63, 3.8) is 0 Å². The van der Waals surface area contributed by atoms with E-state index in [4.69, 9.17) is 35.3 Å². The van der Waals surface area contributed by atoms with Gasteiger partial charge in [0.05, 0.1) is 17.2 Å². The van der Waals surface area contributed by atoms with Gasteiger partial charge in [-0.3, -0.25) is 0 Å². The number of aromatic nitrogens is 2. The largest absolute Gasteiger partial charge is 0.486 e. The van der Waals surface area contributed by atoms with Gasteiger partial charge in [0.1, 0.15) is 30.3 Å². The van der Waals surface area contributed by atoms with Gasteiger partial charge in [-0.05, 0) is 69.3 Å². The summed E-state index contributed by atoms with van der Waals surface area (Å²) in [5.74, 6) is 2.31. The Morgan fingerprint density at radius 1 is 1.05 bits per heavy atom. The molecule has 0 bridgehead atoms. The second kappa shape index (κ2) is 10.8. The molecular weight excluding hydrogens is 508 g/mol. The average molecular weight is 535 g/mol. The zero-order valence-electron chi connectivity index (χ0n) is 21.3. The van der Waals surface area contributed by atoms with Crippen LogP contribution in [0, 0.1) is 0 Å². The van der Waals surface area contributed by atoms with Gasteiger partial charge in [-0.15, -0.1) is 0 Å². The highest BCUT2D eigenvalue weighted by atomic mass is 35.5. The van der Waals surface area contributed by atoms with Crippen LogP contribution in [0.2, 0.25) is 5.02 Å². The molecule has 4 aromatic rings. The van der Waals surface area contributed by atoms with Gasteiger partial charge in [-0.25, -0.2) is 14.8 Å². The highest BCUT2D eigenvalue weighted by molar-refractivity contribution is 6.31. The Balaban J connectivity index is 1.08. The van der Waals surface area contributed by atoms with Crippen molar-refractivity contribution in [1.82, 2.24) is 9.97 Å². The lowest BCUT2D eigenvalue weighted by Crippen LogP contribution is -2.27. The first-order valence-corrected chi connectivity index (χ1v) is 12.6. The van der Waals surface area contributed by atoms with Gasteiger partial charge in [0.25, 0.3) is 0 Å². The maximum absolute atomic E-state index is 12.4. The molecule has 9 heteroatoms. The lowest BCUT2D eigenvalue weighted by molar-refractivity contribution is -0.151. The monoisotopic (exact) mass is 534 g/mol. The average Bonchev–Trinajstić information content (AvgIpc) is 3.22. The normalized spacial score (nSPS) is 14.3. The van der Waals surface area contributed by atoms with Crippen molar-refractivity contribution < 1.29 is 28.5 Å². The summed E-state index contributed by atoms with van der Waals surface area (Å²) in [4.78, 5) is 21.1. The summed E-state index contributed by atoms with van der Waals surface area (Å²) < 4.78 is 28.6. The first-order chi connectivity index (χ1) is 18.3. The summed E-state index contributed by atoms with van der Waals surface area (Å²) in [5, 5.41) is 0.594. The Bertz CT molecular complexity index is 1460. The molecule has 0 aliphatic carbocycles. The van der Waals surface area contributed by atoms with Gasteiger partial charge in [-0.1, -0.05) is 23.7 Å². The topological polar surface area (TPSA) is 89.0 Å².